The third-order valence-electron chi connectivity index (χ3n) is 5.88. The number of hydrogen-bond acceptors (Lipinski definition) is 5. The molecule has 0 spiro atoms. The van der Waals surface area contributed by atoms with Gasteiger partial charge in [-0.2, -0.15) is 0 Å². The smallest absolute Gasteiger partial charge is 0.264 e. The zero-order valence-electron chi connectivity index (χ0n) is 22.5. The molecule has 0 heterocycles. The van der Waals surface area contributed by atoms with E-state index in [-0.39, 0.29) is 29.1 Å². The largest absolute Gasteiger partial charge is 0.492 e. The lowest BCUT2D eigenvalue weighted by Gasteiger charge is -2.32. The Morgan fingerprint density at radius 3 is 2.26 bits per heavy atom. The number of carbonyl (C=O) groups excluding carboxylic acids is 2. The lowest BCUT2D eigenvalue weighted by Crippen LogP contribution is -2.52. The summed E-state index contributed by atoms with van der Waals surface area (Å²) in [5.41, 5.74) is 0.922. The first-order valence-electron chi connectivity index (χ1n) is 12.7. The van der Waals surface area contributed by atoms with Gasteiger partial charge in [0.1, 0.15) is 18.3 Å². The Morgan fingerprint density at radius 1 is 0.949 bits per heavy atom. The number of halogens is 1. The van der Waals surface area contributed by atoms with Crippen molar-refractivity contribution in [2.75, 3.05) is 17.5 Å². The van der Waals surface area contributed by atoms with E-state index in [2.05, 4.69) is 5.32 Å². The highest BCUT2D eigenvalue weighted by molar-refractivity contribution is 7.92. The van der Waals surface area contributed by atoms with Crippen LogP contribution in [0.15, 0.2) is 83.8 Å². The Kier molecular flexibility index (Phi) is 10.4. The molecular formula is C29H34ClN3O5S. The fourth-order valence-corrected chi connectivity index (χ4v) is 5.65. The fourth-order valence-electron chi connectivity index (χ4n) is 3.99. The first kappa shape index (κ1) is 30.0. The SMILES string of the molecule is CCOc1ccccc1N(CC(=O)N(Cc1cccc(Cl)c1)C(C)C(=O)NC(C)C)S(=O)(=O)c1ccccc1. The zero-order chi connectivity index (χ0) is 28.6. The molecule has 0 aromatic heterocycles. The monoisotopic (exact) mass is 571 g/mol. The molecular weight excluding hydrogens is 538 g/mol. The lowest BCUT2D eigenvalue weighted by atomic mass is 10.1. The van der Waals surface area contributed by atoms with Gasteiger partial charge < -0.3 is 15.0 Å². The van der Waals surface area contributed by atoms with Crippen LogP contribution in [-0.2, 0) is 26.2 Å². The highest BCUT2D eigenvalue weighted by atomic mass is 35.5. The van der Waals surface area contributed by atoms with Crippen LogP contribution in [0, 0.1) is 0 Å². The second-order valence-corrected chi connectivity index (χ2v) is 11.5. The summed E-state index contributed by atoms with van der Waals surface area (Å²) in [6.45, 7) is 6.86. The van der Waals surface area contributed by atoms with Gasteiger partial charge in [0.25, 0.3) is 10.0 Å². The van der Waals surface area contributed by atoms with Crippen LogP contribution in [0.2, 0.25) is 5.02 Å². The van der Waals surface area contributed by atoms with Crippen LogP contribution in [0.4, 0.5) is 5.69 Å². The molecule has 3 aromatic carbocycles. The van der Waals surface area contributed by atoms with E-state index in [1.54, 1.807) is 80.6 Å². The number of hydrogen-bond donors (Lipinski definition) is 1. The van der Waals surface area contributed by atoms with E-state index in [0.717, 1.165) is 4.31 Å². The van der Waals surface area contributed by atoms with Crippen molar-refractivity contribution >= 4 is 39.1 Å². The van der Waals surface area contributed by atoms with Gasteiger partial charge in [-0.15, -0.1) is 0 Å². The summed E-state index contributed by atoms with van der Waals surface area (Å²) in [4.78, 5) is 28.3. The summed E-state index contributed by atoms with van der Waals surface area (Å²) >= 11 is 6.17. The molecule has 0 saturated carbocycles. The molecule has 1 N–H and O–H groups in total. The topological polar surface area (TPSA) is 96.0 Å². The Bertz CT molecular complexity index is 1380. The van der Waals surface area contributed by atoms with E-state index >= 15 is 0 Å². The van der Waals surface area contributed by atoms with E-state index in [1.165, 1.54) is 17.0 Å². The van der Waals surface area contributed by atoms with Gasteiger partial charge in [-0.25, -0.2) is 8.42 Å². The summed E-state index contributed by atoms with van der Waals surface area (Å²) in [6.07, 6.45) is 0. The van der Waals surface area contributed by atoms with E-state index in [4.69, 9.17) is 16.3 Å². The lowest BCUT2D eigenvalue weighted by molar-refractivity contribution is -0.139. The minimum Gasteiger partial charge on any atom is -0.492 e. The first-order chi connectivity index (χ1) is 18.5. The van der Waals surface area contributed by atoms with Crippen LogP contribution in [0.1, 0.15) is 33.3 Å². The fraction of sp³-hybridized carbons (Fsp3) is 0.310. The molecule has 0 radical (unpaired) electrons. The highest BCUT2D eigenvalue weighted by Gasteiger charge is 2.33. The van der Waals surface area contributed by atoms with Gasteiger partial charge in [0.2, 0.25) is 11.8 Å². The van der Waals surface area contributed by atoms with Crippen molar-refractivity contribution in [2.24, 2.45) is 0 Å². The number of anilines is 1. The number of nitrogens with one attached hydrogen (secondary N) is 1. The molecule has 0 aliphatic carbocycles. The number of amides is 2. The van der Waals surface area contributed by atoms with Crippen molar-refractivity contribution in [1.82, 2.24) is 10.2 Å². The Morgan fingerprint density at radius 2 is 1.62 bits per heavy atom. The molecule has 3 aromatic rings. The maximum Gasteiger partial charge on any atom is 0.264 e. The maximum absolute atomic E-state index is 14.0. The number of para-hydroxylation sites is 2. The third-order valence-corrected chi connectivity index (χ3v) is 7.89. The number of benzene rings is 3. The first-order valence-corrected chi connectivity index (χ1v) is 14.5. The van der Waals surface area contributed by atoms with Crippen molar-refractivity contribution in [3.63, 3.8) is 0 Å². The Labute approximate surface area is 235 Å². The molecule has 0 fully saturated rings. The number of nitrogens with zero attached hydrogens (tertiary/aromatic N) is 2. The summed E-state index contributed by atoms with van der Waals surface area (Å²) < 4.78 is 34.6. The molecule has 1 atom stereocenters. The van der Waals surface area contributed by atoms with E-state index in [1.807, 2.05) is 13.8 Å². The van der Waals surface area contributed by atoms with Gasteiger partial charge in [0.15, 0.2) is 0 Å². The molecule has 10 heteroatoms. The summed E-state index contributed by atoms with van der Waals surface area (Å²) in [5, 5.41) is 3.32. The third kappa shape index (κ3) is 7.74. The van der Waals surface area contributed by atoms with Crippen molar-refractivity contribution < 1.29 is 22.7 Å². The summed E-state index contributed by atoms with van der Waals surface area (Å²) in [5.74, 6) is -0.598. The molecule has 0 aliphatic rings. The van der Waals surface area contributed by atoms with Gasteiger partial charge in [-0.3, -0.25) is 13.9 Å². The molecule has 2 amide bonds. The van der Waals surface area contributed by atoms with Crippen LogP contribution in [-0.4, -0.2) is 50.4 Å². The molecule has 0 aliphatic heterocycles. The number of rotatable bonds is 12. The van der Waals surface area contributed by atoms with Gasteiger partial charge >= 0.3 is 0 Å². The van der Waals surface area contributed by atoms with E-state index in [0.29, 0.717) is 22.9 Å². The van der Waals surface area contributed by atoms with Crippen LogP contribution >= 0.6 is 11.6 Å². The second-order valence-electron chi connectivity index (χ2n) is 9.22. The normalized spacial score (nSPS) is 12.1. The van der Waals surface area contributed by atoms with Gasteiger partial charge in [-0.1, -0.05) is 54.1 Å². The molecule has 8 nitrogen and oxygen atoms in total. The molecule has 1 unspecified atom stereocenters. The van der Waals surface area contributed by atoms with Crippen LogP contribution in [0.5, 0.6) is 5.75 Å². The highest BCUT2D eigenvalue weighted by Crippen LogP contribution is 2.33. The minimum absolute atomic E-state index is 0.0242. The standard InChI is InChI=1S/C29H34ClN3O5S/c1-5-38-27-17-10-9-16-26(27)33(39(36,37)25-14-7-6-8-15-25)20-28(34)32(22(4)29(35)31-21(2)3)19-23-12-11-13-24(30)18-23/h6-18,21-22H,5,19-20H2,1-4H3,(H,31,35). The minimum atomic E-state index is -4.18. The number of sulfonamides is 1. The number of ether oxygens (including phenoxy) is 1. The second kappa shape index (κ2) is 13.5. The van der Waals surface area contributed by atoms with Gasteiger partial charge in [0, 0.05) is 17.6 Å². The predicted octanol–water partition coefficient (Wildman–Crippen LogP) is 4.88. The number of carbonyl (C=O) groups is 2. The van der Waals surface area contributed by atoms with E-state index < -0.39 is 28.5 Å². The van der Waals surface area contributed by atoms with Crippen molar-refractivity contribution in [1.29, 1.82) is 0 Å². The summed E-state index contributed by atoms with van der Waals surface area (Å²) in [6, 6.07) is 20.5. The summed E-state index contributed by atoms with van der Waals surface area (Å²) in [7, 11) is -4.18. The van der Waals surface area contributed by atoms with E-state index in [9.17, 15) is 18.0 Å². The molecule has 3 rings (SSSR count). The molecule has 39 heavy (non-hydrogen) atoms. The maximum atomic E-state index is 14.0. The average molecular weight is 572 g/mol. The molecule has 0 saturated heterocycles. The predicted molar refractivity (Wildman–Crippen MR) is 153 cm³/mol. The van der Waals surface area contributed by atoms with Crippen LogP contribution in [0.3, 0.4) is 0 Å². The van der Waals surface area contributed by atoms with Crippen molar-refractivity contribution in [2.45, 2.75) is 51.2 Å². The quantitative estimate of drug-likeness (QED) is 0.334. The average Bonchev–Trinajstić information content (AvgIpc) is 2.90. The Hall–Kier alpha value is -3.56. The van der Waals surface area contributed by atoms with Crippen LogP contribution < -0.4 is 14.4 Å². The van der Waals surface area contributed by atoms with Gasteiger partial charge in [-0.05, 0) is 69.7 Å². The van der Waals surface area contributed by atoms with Crippen LogP contribution in [0.25, 0.3) is 0 Å². The zero-order valence-corrected chi connectivity index (χ0v) is 24.1. The molecule has 0 bridgehead atoms. The van der Waals surface area contributed by atoms with Gasteiger partial charge in [0.05, 0.1) is 17.2 Å². The van der Waals surface area contributed by atoms with Crippen molar-refractivity contribution in [3.8, 4) is 5.75 Å². The van der Waals surface area contributed by atoms with Crippen molar-refractivity contribution in [3.05, 3.63) is 89.4 Å². The Balaban J connectivity index is 2.07. The molecule has 208 valence electrons.